The number of thiophene rings is 1. The summed E-state index contributed by atoms with van der Waals surface area (Å²) in [5.41, 5.74) is 0.968. The molecule has 1 amide bonds. The van der Waals surface area contributed by atoms with Gasteiger partial charge in [-0.3, -0.25) is 4.79 Å². The van der Waals surface area contributed by atoms with Crippen LogP contribution >= 0.6 is 22.9 Å². The summed E-state index contributed by atoms with van der Waals surface area (Å²) in [4.78, 5) is 26.7. The van der Waals surface area contributed by atoms with Crippen LogP contribution in [0.1, 0.15) is 9.67 Å². The number of nitrogens with zero attached hydrogens (tertiary/aromatic N) is 1. The van der Waals surface area contributed by atoms with Gasteiger partial charge in [-0.05, 0) is 29.8 Å². The maximum Gasteiger partial charge on any atom is 0.328 e. The minimum atomic E-state index is -1.05. The minimum absolute atomic E-state index is 0.0243. The Morgan fingerprint density at radius 3 is 2.65 bits per heavy atom. The molecule has 7 heteroatoms. The van der Waals surface area contributed by atoms with E-state index in [0.29, 0.717) is 16.5 Å². The third kappa shape index (κ3) is 3.39. The molecular formula is C16H14ClNO4S. The molecule has 1 N–H and O–H groups in total. The maximum absolute atomic E-state index is 12.6. The first-order valence-corrected chi connectivity index (χ1v) is 8.23. The van der Waals surface area contributed by atoms with Gasteiger partial charge in [-0.15, -0.1) is 11.3 Å². The van der Waals surface area contributed by atoms with Crippen LogP contribution in [0.5, 0.6) is 0 Å². The number of ether oxygens (including phenoxy) is 1. The highest BCUT2D eigenvalue weighted by atomic mass is 35.5. The van der Waals surface area contributed by atoms with E-state index >= 15 is 0 Å². The van der Waals surface area contributed by atoms with Gasteiger partial charge in [0.25, 0.3) is 5.91 Å². The Bertz CT molecular complexity index is 728. The highest BCUT2D eigenvalue weighted by Gasteiger charge is 2.33. The van der Waals surface area contributed by atoms with Crippen LogP contribution in [0, 0.1) is 0 Å². The Labute approximate surface area is 142 Å². The fourth-order valence-electron chi connectivity index (χ4n) is 2.42. The molecule has 0 saturated carbocycles. The number of halogens is 1. The highest BCUT2D eigenvalue weighted by molar-refractivity contribution is 7.17. The number of benzene rings is 1. The monoisotopic (exact) mass is 351 g/mol. The first-order chi connectivity index (χ1) is 11.1. The maximum atomic E-state index is 12.6. The van der Waals surface area contributed by atoms with Gasteiger partial charge in [-0.1, -0.05) is 23.7 Å². The van der Waals surface area contributed by atoms with Crippen LogP contribution in [0.3, 0.4) is 0 Å². The molecule has 0 aliphatic carbocycles. The zero-order chi connectivity index (χ0) is 16.4. The van der Waals surface area contributed by atoms with Gasteiger partial charge in [-0.2, -0.15) is 0 Å². The molecule has 2 heterocycles. The fourth-order valence-corrected chi connectivity index (χ4v) is 3.51. The molecule has 1 aromatic heterocycles. The van der Waals surface area contributed by atoms with E-state index < -0.39 is 12.0 Å². The van der Waals surface area contributed by atoms with Crippen LogP contribution in [0.4, 0.5) is 0 Å². The van der Waals surface area contributed by atoms with Crippen LogP contribution in [0.15, 0.2) is 36.4 Å². The predicted octanol–water partition coefficient (Wildman–Crippen LogP) is 2.99. The van der Waals surface area contributed by atoms with E-state index in [-0.39, 0.29) is 19.1 Å². The second kappa shape index (κ2) is 6.70. The molecule has 1 atom stereocenters. The lowest BCUT2D eigenvalue weighted by atomic mass is 10.2. The number of aliphatic carboxylic acids is 1. The van der Waals surface area contributed by atoms with Crippen LogP contribution in [-0.4, -0.2) is 47.7 Å². The van der Waals surface area contributed by atoms with Crippen molar-refractivity contribution in [2.24, 2.45) is 0 Å². The van der Waals surface area contributed by atoms with Gasteiger partial charge in [0.05, 0.1) is 18.1 Å². The number of carboxylic acid groups (broad SMARTS) is 1. The summed E-state index contributed by atoms with van der Waals surface area (Å²) in [5, 5.41) is 9.88. The lowest BCUT2D eigenvalue weighted by Gasteiger charge is -2.32. The van der Waals surface area contributed by atoms with E-state index in [2.05, 4.69) is 0 Å². The fraction of sp³-hybridized carbons (Fsp3) is 0.250. The topological polar surface area (TPSA) is 66.8 Å². The van der Waals surface area contributed by atoms with Crippen molar-refractivity contribution in [1.29, 1.82) is 0 Å². The number of amides is 1. The molecule has 1 unspecified atom stereocenters. The number of rotatable bonds is 3. The van der Waals surface area contributed by atoms with Crippen molar-refractivity contribution in [2.75, 3.05) is 19.8 Å². The zero-order valence-corrected chi connectivity index (χ0v) is 13.6. The zero-order valence-electron chi connectivity index (χ0n) is 12.1. The summed E-state index contributed by atoms with van der Waals surface area (Å²) in [6, 6.07) is 10.0. The molecule has 0 bridgehead atoms. The molecule has 0 spiro atoms. The molecule has 120 valence electrons. The summed E-state index contributed by atoms with van der Waals surface area (Å²) in [7, 11) is 0. The van der Waals surface area contributed by atoms with Crippen molar-refractivity contribution < 1.29 is 19.4 Å². The lowest BCUT2D eigenvalue weighted by molar-refractivity contribution is -0.147. The molecule has 1 aliphatic rings. The van der Waals surface area contributed by atoms with Crippen molar-refractivity contribution in [3.05, 3.63) is 46.3 Å². The van der Waals surface area contributed by atoms with Crippen molar-refractivity contribution in [1.82, 2.24) is 4.90 Å². The molecule has 1 aliphatic heterocycles. The van der Waals surface area contributed by atoms with Crippen LogP contribution in [-0.2, 0) is 9.53 Å². The molecule has 1 aromatic carbocycles. The van der Waals surface area contributed by atoms with Crippen molar-refractivity contribution in [3.8, 4) is 10.4 Å². The Hall–Kier alpha value is -1.89. The Balaban J connectivity index is 1.83. The minimum Gasteiger partial charge on any atom is -0.480 e. The van der Waals surface area contributed by atoms with Crippen molar-refractivity contribution in [2.45, 2.75) is 6.04 Å². The van der Waals surface area contributed by atoms with Gasteiger partial charge in [-0.25, -0.2) is 4.79 Å². The van der Waals surface area contributed by atoms with E-state index in [1.807, 2.05) is 18.2 Å². The first-order valence-electron chi connectivity index (χ1n) is 7.03. The summed E-state index contributed by atoms with van der Waals surface area (Å²) in [6.45, 7) is 0.658. The van der Waals surface area contributed by atoms with Gasteiger partial charge in [0, 0.05) is 16.4 Å². The second-order valence-electron chi connectivity index (χ2n) is 5.10. The molecule has 1 saturated heterocycles. The normalized spacial score (nSPS) is 18.0. The van der Waals surface area contributed by atoms with E-state index in [4.69, 9.17) is 16.3 Å². The molecule has 0 radical (unpaired) electrons. The summed E-state index contributed by atoms with van der Waals surface area (Å²) >= 11 is 7.22. The number of carbonyl (C=O) groups is 2. The smallest absolute Gasteiger partial charge is 0.328 e. The van der Waals surface area contributed by atoms with Gasteiger partial charge < -0.3 is 14.7 Å². The summed E-state index contributed by atoms with van der Waals surface area (Å²) in [5.74, 6) is -1.32. The number of hydrogen-bond donors (Lipinski definition) is 1. The van der Waals surface area contributed by atoms with Crippen LogP contribution < -0.4 is 0 Å². The average molecular weight is 352 g/mol. The molecule has 1 fully saturated rings. The van der Waals surface area contributed by atoms with E-state index in [9.17, 15) is 14.7 Å². The predicted molar refractivity (Wildman–Crippen MR) is 88.0 cm³/mol. The Morgan fingerprint density at radius 1 is 1.22 bits per heavy atom. The summed E-state index contributed by atoms with van der Waals surface area (Å²) in [6.07, 6.45) is 0. The number of carbonyl (C=O) groups excluding carboxylic acids is 1. The van der Waals surface area contributed by atoms with Gasteiger partial charge >= 0.3 is 5.97 Å². The Morgan fingerprint density at radius 2 is 1.96 bits per heavy atom. The van der Waals surface area contributed by atoms with Gasteiger partial charge in [0.2, 0.25) is 0 Å². The van der Waals surface area contributed by atoms with Crippen LogP contribution in [0.25, 0.3) is 10.4 Å². The first kappa shape index (κ1) is 16.0. The number of hydrogen-bond acceptors (Lipinski definition) is 4. The molecule has 23 heavy (non-hydrogen) atoms. The summed E-state index contributed by atoms with van der Waals surface area (Å²) < 4.78 is 5.16. The standard InChI is InChI=1S/C16H14ClNO4S/c17-11-3-1-10(2-4-11)13-5-6-14(23-13)15(19)18-7-8-22-9-12(18)16(20)21/h1-6,12H,7-9H2,(H,20,21). The third-order valence-corrected chi connectivity index (χ3v) is 4.99. The molecule has 3 rings (SSSR count). The number of morpholine rings is 1. The van der Waals surface area contributed by atoms with Gasteiger partial charge in [0.15, 0.2) is 6.04 Å². The van der Waals surface area contributed by atoms with E-state index in [0.717, 1.165) is 10.4 Å². The number of carboxylic acids is 1. The van der Waals surface area contributed by atoms with E-state index in [1.165, 1.54) is 16.2 Å². The highest BCUT2D eigenvalue weighted by Crippen LogP contribution is 2.30. The molecule has 2 aromatic rings. The lowest BCUT2D eigenvalue weighted by Crippen LogP contribution is -2.52. The second-order valence-corrected chi connectivity index (χ2v) is 6.62. The quantitative estimate of drug-likeness (QED) is 0.923. The van der Waals surface area contributed by atoms with Crippen molar-refractivity contribution >= 4 is 34.8 Å². The molecule has 5 nitrogen and oxygen atoms in total. The largest absolute Gasteiger partial charge is 0.480 e. The average Bonchev–Trinajstić information content (AvgIpc) is 3.04. The Kier molecular flexibility index (Phi) is 4.66. The van der Waals surface area contributed by atoms with E-state index in [1.54, 1.807) is 18.2 Å². The third-order valence-electron chi connectivity index (χ3n) is 3.62. The van der Waals surface area contributed by atoms with Gasteiger partial charge in [0.1, 0.15) is 0 Å². The van der Waals surface area contributed by atoms with Crippen LogP contribution in [0.2, 0.25) is 5.02 Å². The molecular weight excluding hydrogens is 338 g/mol. The SMILES string of the molecule is O=C(O)C1COCCN1C(=O)c1ccc(-c2ccc(Cl)cc2)s1. The van der Waals surface area contributed by atoms with Crippen molar-refractivity contribution in [3.63, 3.8) is 0 Å².